The van der Waals surface area contributed by atoms with Crippen molar-refractivity contribution in [1.82, 2.24) is 19.5 Å². The van der Waals surface area contributed by atoms with Crippen molar-refractivity contribution in [2.45, 2.75) is 20.3 Å². The Kier molecular flexibility index (Phi) is 5.03. The molecule has 0 aliphatic rings. The van der Waals surface area contributed by atoms with Crippen molar-refractivity contribution in [1.29, 1.82) is 0 Å². The molecule has 0 aliphatic heterocycles. The molecule has 0 saturated heterocycles. The van der Waals surface area contributed by atoms with Crippen LogP contribution in [0.1, 0.15) is 20.3 Å². The van der Waals surface area contributed by atoms with Crippen molar-refractivity contribution >= 4 is 23.1 Å². The number of amides is 1. The van der Waals surface area contributed by atoms with E-state index in [1.807, 2.05) is 50.4 Å². The number of anilines is 3. The number of aromatic nitrogens is 4. The van der Waals surface area contributed by atoms with E-state index in [0.717, 1.165) is 17.2 Å². The van der Waals surface area contributed by atoms with E-state index in [2.05, 4.69) is 25.6 Å². The van der Waals surface area contributed by atoms with Crippen LogP contribution in [0.25, 0.3) is 5.82 Å². The molecule has 128 valence electrons. The van der Waals surface area contributed by atoms with Gasteiger partial charge in [-0.15, -0.1) is 0 Å². The van der Waals surface area contributed by atoms with Crippen molar-refractivity contribution in [3.8, 4) is 5.82 Å². The molecule has 2 N–H and O–H groups in total. The molecule has 3 aromatic rings. The molecule has 0 bridgehead atoms. The van der Waals surface area contributed by atoms with Gasteiger partial charge >= 0.3 is 0 Å². The van der Waals surface area contributed by atoms with Gasteiger partial charge < -0.3 is 10.6 Å². The van der Waals surface area contributed by atoms with Crippen LogP contribution in [-0.2, 0) is 4.79 Å². The quantitative estimate of drug-likeness (QED) is 0.721. The summed E-state index contributed by atoms with van der Waals surface area (Å²) in [6.07, 6.45) is 7.21. The molecule has 0 fully saturated rings. The van der Waals surface area contributed by atoms with Gasteiger partial charge in [0.05, 0.1) is 0 Å². The van der Waals surface area contributed by atoms with E-state index in [4.69, 9.17) is 0 Å². The minimum absolute atomic E-state index is 0.0245. The maximum Gasteiger partial charge on any atom is 0.224 e. The number of benzene rings is 1. The fourth-order valence-corrected chi connectivity index (χ4v) is 2.32. The summed E-state index contributed by atoms with van der Waals surface area (Å²) >= 11 is 0. The van der Waals surface area contributed by atoms with Crippen LogP contribution in [-0.4, -0.2) is 25.4 Å². The number of hydrogen-bond donors (Lipinski definition) is 2. The number of carbonyl (C=O) groups excluding carboxylic acids is 1. The predicted molar refractivity (Wildman–Crippen MR) is 97.0 cm³/mol. The first-order valence-corrected chi connectivity index (χ1v) is 8.07. The van der Waals surface area contributed by atoms with Crippen LogP contribution in [0.3, 0.4) is 0 Å². The second-order valence-corrected chi connectivity index (χ2v) is 6.08. The lowest BCUT2D eigenvalue weighted by atomic mass is 10.1. The lowest BCUT2D eigenvalue weighted by Crippen LogP contribution is -2.13. The Balaban J connectivity index is 1.66. The van der Waals surface area contributed by atoms with E-state index in [9.17, 15) is 4.79 Å². The Morgan fingerprint density at radius 2 is 1.92 bits per heavy atom. The highest BCUT2D eigenvalue weighted by Crippen LogP contribution is 2.19. The van der Waals surface area contributed by atoms with Crippen LogP contribution in [0.5, 0.6) is 0 Å². The van der Waals surface area contributed by atoms with E-state index in [1.165, 1.54) is 6.33 Å². The van der Waals surface area contributed by atoms with Gasteiger partial charge in [0.25, 0.3) is 0 Å². The third kappa shape index (κ3) is 4.63. The molecule has 3 rings (SSSR count). The monoisotopic (exact) mass is 336 g/mol. The van der Waals surface area contributed by atoms with Gasteiger partial charge in [-0.1, -0.05) is 13.8 Å². The van der Waals surface area contributed by atoms with Crippen molar-refractivity contribution in [2.24, 2.45) is 5.92 Å². The zero-order valence-electron chi connectivity index (χ0n) is 14.2. The molecule has 25 heavy (non-hydrogen) atoms. The van der Waals surface area contributed by atoms with Crippen LogP contribution < -0.4 is 10.6 Å². The van der Waals surface area contributed by atoms with Gasteiger partial charge in [-0.3, -0.25) is 9.36 Å². The molecule has 7 nitrogen and oxygen atoms in total. The van der Waals surface area contributed by atoms with E-state index in [0.29, 0.717) is 18.2 Å². The van der Waals surface area contributed by atoms with Gasteiger partial charge in [-0.25, -0.2) is 15.0 Å². The van der Waals surface area contributed by atoms with E-state index in [1.54, 1.807) is 17.1 Å². The summed E-state index contributed by atoms with van der Waals surface area (Å²) < 4.78 is 1.81. The molecule has 0 radical (unpaired) electrons. The summed E-state index contributed by atoms with van der Waals surface area (Å²) in [5.74, 6) is 1.77. The number of imidazole rings is 1. The minimum Gasteiger partial charge on any atom is -0.340 e. The predicted octanol–water partition coefficient (Wildman–Crippen LogP) is 3.39. The van der Waals surface area contributed by atoms with Gasteiger partial charge in [0.2, 0.25) is 5.91 Å². The average molecular weight is 336 g/mol. The lowest BCUT2D eigenvalue weighted by molar-refractivity contribution is -0.116. The Morgan fingerprint density at radius 1 is 1.16 bits per heavy atom. The molecular weight excluding hydrogens is 316 g/mol. The molecule has 1 amide bonds. The summed E-state index contributed by atoms with van der Waals surface area (Å²) in [6, 6.07) is 9.34. The molecule has 2 heterocycles. The van der Waals surface area contributed by atoms with Crippen molar-refractivity contribution < 1.29 is 4.79 Å². The van der Waals surface area contributed by atoms with Gasteiger partial charge in [0.1, 0.15) is 24.3 Å². The number of nitrogens with one attached hydrogen (secondary N) is 2. The first-order chi connectivity index (χ1) is 12.1. The summed E-state index contributed by atoms with van der Waals surface area (Å²) in [6.45, 7) is 4.04. The Hall–Kier alpha value is -3.22. The third-order valence-corrected chi connectivity index (χ3v) is 3.46. The Morgan fingerprint density at radius 3 is 2.60 bits per heavy atom. The normalized spacial score (nSPS) is 10.7. The lowest BCUT2D eigenvalue weighted by Gasteiger charge is -2.10. The number of nitrogens with zero attached hydrogens (tertiary/aromatic N) is 4. The zero-order chi connectivity index (χ0) is 17.6. The van der Waals surface area contributed by atoms with Crippen LogP contribution in [0.4, 0.5) is 17.2 Å². The van der Waals surface area contributed by atoms with E-state index < -0.39 is 0 Å². The van der Waals surface area contributed by atoms with Gasteiger partial charge in [-0.2, -0.15) is 0 Å². The molecule has 0 unspecified atom stereocenters. The maximum absolute atomic E-state index is 11.8. The van der Waals surface area contributed by atoms with Gasteiger partial charge in [-0.05, 0) is 30.2 Å². The highest BCUT2D eigenvalue weighted by Gasteiger charge is 2.06. The highest BCUT2D eigenvalue weighted by molar-refractivity contribution is 5.91. The molecule has 0 spiro atoms. The van der Waals surface area contributed by atoms with Crippen molar-refractivity contribution in [3.63, 3.8) is 0 Å². The third-order valence-electron chi connectivity index (χ3n) is 3.46. The Bertz CT molecular complexity index is 827. The number of rotatable bonds is 6. The summed E-state index contributed by atoms with van der Waals surface area (Å²) in [4.78, 5) is 24.2. The van der Waals surface area contributed by atoms with Crippen LogP contribution >= 0.6 is 0 Å². The summed E-state index contributed by atoms with van der Waals surface area (Å²) in [5.41, 5.74) is 1.65. The largest absolute Gasteiger partial charge is 0.340 e. The summed E-state index contributed by atoms with van der Waals surface area (Å²) in [5, 5.41) is 6.11. The smallest absolute Gasteiger partial charge is 0.224 e. The fourth-order valence-electron chi connectivity index (χ4n) is 2.32. The first-order valence-electron chi connectivity index (χ1n) is 8.07. The molecule has 1 aromatic carbocycles. The first kappa shape index (κ1) is 16.6. The molecule has 2 aromatic heterocycles. The van der Waals surface area contributed by atoms with Gasteiger partial charge in [0.15, 0.2) is 0 Å². The molecule has 0 saturated carbocycles. The minimum atomic E-state index is 0.0245. The average Bonchev–Trinajstić information content (AvgIpc) is 3.11. The summed E-state index contributed by atoms with van der Waals surface area (Å²) in [7, 11) is 0. The molecular formula is C18H20N6O. The Labute approximate surface area is 146 Å². The fraction of sp³-hybridized carbons (Fsp3) is 0.222. The SMILES string of the molecule is CC(C)CC(=O)Nc1ccc(Nc2cc(-n3ccnc3)ncn2)cc1. The van der Waals surface area contributed by atoms with Crippen molar-refractivity contribution in [3.05, 3.63) is 55.4 Å². The van der Waals surface area contributed by atoms with Crippen molar-refractivity contribution in [2.75, 3.05) is 10.6 Å². The van der Waals surface area contributed by atoms with Gasteiger partial charge in [0, 0.05) is 36.3 Å². The van der Waals surface area contributed by atoms with Crippen LogP contribution in [0.15, 0.2) is 55.4 Å². The molecule has 7 heteroatoms. The van der Waals surface area contributed by atoms with Crippen LogP contribution in [0.2, 0.25) is 0 Å². The molecule has 0 atom stereocenters. The highest BCUT2D eigenvalue weighted by atomic mass is 16.1. The topological polar surface area (TPSA) is 84.7 Å². The second-order valence-electron chi connectivity index (χ2n) is 6.08. The zero-order valence-corrected chi connectivity index (χ0v) is 14.2. The second kappa shape index (κ2) is 7.57. The maximum atomic E-state index is 11.8. The standard InChI is InChI=1S/C18H20N6O/c1-13(2)9-18(25)23-15-5-3-14(4-6-15)22-16-10-17(21-11-20-16)24-8-7-19-12-24/h3-8,10-13H,9H2,1-2H3,(H,23,25)(H,20,21,22). The van der Waals surface area contributed by atoms with E-state index in [-0.39, 0.29) is 5.91 Å². The molecule has 0 aliphatic carbocycles. The van der Waals surface area contributed by atoms with E-state index >= 15 is 0 Å². The number of hydrogen-bond acceptors (Lipinski definition) is 5. The number of carbonyl (C=O) groups is 1. The van der Waals surface area contributed by atoms with Crippen LogP contribution in [0, 0.1) is 5.92 Å².